The largest absolute Gasteiger partial charge is 0.286 e. The molecule has 0 aliphatic rings. The summed E-state index contributed by atoms with van der Waals surface area (Å²) in [7, 11) is 0. The third kappa shape index (κ3) is 4.95. The number of benzene rings is 1. The van der Waals surface area contributed by atoms with E-state index in [-0.39, 0.29) is 0 Å². The van der Waals surface area contributed by atoms with Crippen molar-refractivity contribution in [3.05, 3.63) is 95.6 Å². The van der Waals surface area contributed by atoms with Crippen LogP contribution in [0, 0.1) is 0 Å². The lowest BCUT2D eigenvalue weighted by atomic mass is 10.1. The summed E-state index contributed by atoms with van der Waals surface area (Å²) >= 11 is 0. The van der Waals surface area contributed by atoms with Crippen LogP contribution in [0.15, 0.2) is 83.0 Å². The van der Waals surface area contributed by atoms with E-state index in [1.165, 1.54) is 0 Å². The van der Waals surface area contributed by atoms with Crippen LogP contribution in [-0.2, 0) is 13.1 Å². The van der Waals surface area contributed by atoms with Gasteiger partial charge >= 0.3 is 0 Å². The Labute approximate surface area is 141 Å². The zero-order valence-electron chi connectivity index (χ0n) is 13.3. The molecule has 0 saturated heterocycles. The molecule has 0 bridgehead atoms. The van der Waals surface area contributed by atoms with Crippen LogP contribution < -0.4 is 0 Å². The van der Waals surface area contributed by atoms with Gasteiger partial charge in [-0.1, -0.05) is 36.4 Å². The van der Waals surface area contributed by atoms with Crippen molar-refractivity contribution in [2.75, 3.05) is 0 Å². The van der Waals surface area contributed by atoms with Gasteiger partial charge in [0.2, 0.25) is 0 Å². The lowest BCUT2D eigenvalue weighted by Crippen LogP contribution is -1.90. The fourth-order valence-electron chi connectivity index (χ4n) is 2.22. The monoisotopic (exact) mass is 314 g/mol. The maximum Gasteiger partial charge on any atom is 0.0807 e. The number of rotatable bonds is 6. The first-order chi connectivity index (χ1) is 11.9. The first-order valence-electron chi connectivity index (χ1n) is 7.80. The molecule has 0 unspecified atom stereocenters. The summed E-state index contributed by atoms with van der Waals surface area (Å²) in [5.74, 6) is 0. The van der Waals surface area contributed by atoms with Crippen molar-refractivity contribution in [3.63, 3.8) is 0 Å². The average Bonchev–Trinajstić information content (AvgIpc) is 2.64. The molecule has 0 spiro atoms. The number of aromatic nitrogens is 2. The van der Waals surface area contributed by atoms with E-state index in [1.54, 1.807) is 24.8 Å². The molecule has 0 N–H and O–H groups in total. The van der Waals surface area contributed by atoms with Crippen LogP contribution in [-0.4, -0.2) is 22.4 Å². The normalized spacial score (nSPS) is 11.3. The van der Waals surface area contributed by atoms with Crippen LogP contribution >= 0.6 is 0 Å². The van der Waals surface area contributed by atoms with Crippen molar-refractivity contribution in [3.8, 4) is 0 Å². The first kappa shape index (κ1) is 15.7. The van der Waals surface area contributed by atoms with Crippen LogP contribution in [0.4, 0.5) is 0 Å². The number of nitrogens with zero attached hydrogens (tertiary/aromatic N) is 4. The van der Waals surface area contributed by atoms with E-state index < -0.39 is 0 Å². The Morgan fingerprint density at radius 2 is 1.21 bits per heavy atom. The van der Waals surface area contributed by atoms with Gasteiger partial charge in [-0.2, -0.15) is 0 Å². The Bertz CT molecular complexity index is 745. The average molecular weight is 314 g/mol. The lowest BCUT2D eigenvalue weighted by molar-refractivity contribution is 1.03. The minimum Gasteiger partial charge on any atom is -0.286 e. The summed E-state index contributed by atoms with van der Waals surface area (Å²) < 4.78 is 0. The zero-order valence-corrected chi connectivity index (χ0v) is 13.3. The first-order valence-corrected chi connectivity index (χ1v) is 7.80. The fourth-order valence-corrected chi connectivity index (χ4v) is 2.22. The standard InChI is InChI=1S/C20H18N4/c1-3-10-23-19(8-1)15-21-13-17-6-5-7-18(12-17)14-22-16-20-9-2-4-11-24-20/h1-12,15-16H,13-14H2. The fraction of sp³-hybridized carbons (Fsp3) is 0.100. The molecule has 2 heterocycles. The van der Waals surface area contributed by atoms with Gasteiger partial charge in [-0.3, -0.25) is 20.0 Å². The third-order valence-corrected chi connectivity index (χ3v) is 3.36. The SMILES string of the molecule is C(=NCc1cccc(CN=Cc2ccccn2)c1)c1ccccn1. The quantitative estimate of drug-likeness (QED) is 0.651. The van der Waals surface area contributed by atoms with Crippen LogP contribution in [0.1, 0.15) is 22.5 Å². The molecule has 118 valence electrons. The van der Waals surface area contributed by atoms with E-state index in [2.05, 4.69) is 38.2 Å². The summed E-state index contributed by atoms with van der Waals surface area (Å²) in [5, 5.41) is 0. The number of hydrogen-bond donors (Lipinski definition) is 0. The van der Waals surface area contributed by atoms with Gasteiger partial charge in [0.15, 0.2) is 0 Å². The zero-order chi connectivity index (χ0) is 16.5. The second kappa shape index (κ2) is 8.48. The Hall–Kier alpha value is -3.14. The summed E-state index contributed by atoms with van der Waals surface area (Å²) in [6.45, 7) is 1.27. The molecule has 3 rings (SSSR count). The summed E-state index contributed by atoms with van der Waals surface area (Å²) in [6.07, 6.45) is 7.13. The molecular weight excluding hydrogens is 296 g/mol. The van der Waals surface area contributed by atoms with E-state index in [0.29, 0.717) is 13.1 Å². The van der Waals surface area contributed by atoms with Gasteiger partial charge in [0.25, 0.3) is 0 Å². The maximum atomic E-state index is 4.44. The third-order valence-electron chi connectivity index (χ3n) is 3.36. The van der Waals surface area contributed by atoms with Crippen LogP contribution in [0.3, 0.4) is 0 Å². The lowest BCUT2D eigenvalue weighted by Gasteiger charge is -2.01. The van der Waals surface area contributed by atoms with Crippen molar-refractivity contribution >= 4 is 12.4 Å². The number of pyridine rings is 2. The van der Waals surface area contributed by atoms with Gasteiger partial charge < -0.3 is 0 Å². The minimum absolute atomic E-state index is 0.633. The van der Waals surface area contributed by atoms with Crippen molar-refractivity contribution in [1.82, 2.24) is 9.97 Å². The molecule has 1 aromatic carbocycles. The van der Waals surface area contributed by atoms with Gasteiger partial charge in [0.05, 0.1) is 24.5 Å². The topological polar surface area (TPSA) is 50.5 Å². The molecule has 4 heteroatoms. The Balaban J connectivity index is 1.58. The minimum atomic E-state index is 0.633. The van der Waals surface area contributed by atoms with E-state index >= 15 is 0 Å². The van der Waals surface area contributed by atoms with Crippen LogP contribution in [0.5, 0.6) is 0 Å². The van der Waals surface area contributed by atoms with Crippen molar-refractivity contribution in [2.45, 2.75) is 13.1 Å². The second-order valence-electron chi connectivity index (χ2n) is 5.27. The van der Waals surface area contributed by atoms with E-state index in [0.717, 1.165) is 22.5 Å². The van der Waals surface area contributed by atoms with E-state index in [1.807, 2.05) is 42.5 Å². The Kier molecular flexibility index (Phi) is 5.56. The Morgan fingerprint density at radius 1 is 0.667 bits per heavy atom. The highest BCUT2D eigenvalue weighted by molar-refractivity contribution is 5.77. The molecule has 0 aliphatic carbocycles. The van der Waals surface area contributed by atoms with Gasteiger partial charge in [-0.05, 0) is 35.4 Å². The highest BCUT2D eigenvalue weighted by Gasteiger charge is 1.95. The van der Waals surface area contributed by atoms with Crippen molar-refractivity contribution < 1.29 is 0 Å². The highest BCUT2D eigenvalue weighted by Crippen LogP contribution is 2.08. The molecule has 0 saturated carbocycles. The van der Waals surface area contributed by atoms with Gasteiger partial charge in [0.1, 0.15) is 0 Å². The molecular formula is C20H18N4. The molecule has 2 aromatic heterocycles. The van der Waals surface area contributed by atoms with Crippen LogP contribution in [0.2, 0.25) is 0 Å². The number of aliphatic imine (C=N–C) groups is 2. The van der Waals surface area contributed by atoms with Gasteiger partial charge in [-0.25, -0.2) is 0 Å². The van der Waals surface area contributed by atoms with Crippen LogP contribution in [0.25, 0.3) is 0 Å². The van der Waals surface area contributed by atoms with E-state index in [9.17, 15) is 0 Å². The second-order valence-corrected chi connectivity index (χ2v) is 5.27. The van der Waals surface area contributed by atoms with E-state index in [4.69, 9.17) is 0 Å². The predicted molar refractivity (Wildman–Crippen MR) is 97.5 cm³/mol. The molecule has 0 fully saturated rings. The van der Waals surface area contributed by atoms with Crippen molar-refractivity contribution in [2.24, 2.45) is 9.98 Å². The molecule has 0 aliphatic heterocycles. The molecule has 0 radical (unpaired) electrons. The predicted octanol–water partition coefficient (Wildman–Crippen LogP) is 3.71. The smallest absolute Gasteiger partial charge is 0.0807 e. The molecule has 0 atom stereocenters. The maximum absolute atomic E-state index is 4.44. The summed E-state index contributed by atoms with van der Waals surface area (Å²) in [4.78, 5) is 17.3. The molecule has 3 aromatic rings. The molecule has 0 amide bonds. The summed E-state index contributed by atoms with van der Waals surface area (Å²) in [6, 6.07) is 19.9. The Morgan fingerprint density at radius 3 is 1.67 bits per heavy atom. The molecule has 4 nitrogen and oxygen atoms in total. The summed E-state index contributed by atoms with van der Waals surface area (Å²) in [5.41, 5.74) is 4.06. The van der Waals surface area contributed by atoms with Crippen molar-refractivity contribution in [1.29, 1.82) is 0 Å². The molecule has 24 heavy (non-hydrogen) atoms. The highest BCUT2D eigenvalue weighted by atomic mass is 14.8. The van der Waals surface area contributed by atoms with Gasteiger partial charge in [-0.15, -0.1) is 0 Å². The number of hydrogen-bond acceptors (Lipinski definition) is 4. The van der Waals surface area contributed by atoms with Gasteiger partial charge in [0, 0.05) is 24.8 Å².